The average Bonchev–Trinajstić information content (AvgIpc) is 3.07. The van der Waals surface area contributed by atoms with Crippen molar-refractivity contribution in [2.45, 2.75) is 26.7 Å². The minimum absolute atomic E-state index is 0.264. The molecule has 2 rings (SSSR count). The number of hydrogen-bond donors (Lipinski definition) is 1. The first-order chi connectivity index (χ1) is 8.48. The molecular weight excluding hydrogens is 230 g/mol. The maximum atomic E-state index is 12.1. The highest BCUT2D eigenvalue weighted by Gasteiger charge is 2.57. The van der Waals surface area contributed by atoms with Crippen molar-refractivity contribution in [1.82, 2.24) is 0 Å². The molecule has 0 heterocycles. The van der Waals surface area contributed by atoms with E-state index in [2.05, 4.69) is 10.1 Å². The predicted molar refractivity (Wildman–Crippen MR) is 68.2 cm³/mol. The third-order valence-electron chi connectivity index (χ3n) is 3.24. The van der Waals surface area contributed by atoms with Crippen molar-refractivity contribution >= 4 is 17.6 Å². The van der Waals surface area contributed by atoms with Crippen molar-refractivity contribution in [3.8, 4) is 0 Å². The van der Waals surface area contributed by atoms with Gasteiger partial charge in [-0.05, 0) is 49.9 Å². The largest absolute Gasteiger partial charge is 0.468 e. The first-order valence-corrected chi connectivity index (χ1v) is 5.96. The van der Waals surface area contributed by atoms with Crippen molar-refractivity contribution in [2.24, 2.45) is 5.41 Å². The molecule has 4 nitrogen and oxygen atoms in total. The molecule has 1 N–H and O–H groups in total. The van der Waals surface area contributed by atoms with Crippen LogP contribution in [0.4, 0.5) is 5.69 Å². The van der Waals surface area contributed by atoms with Crippen LogP contribution in [0.5, 0.6) is 0 Å². The van der Waals surface area contributed by atoms with Crippen LogP contribution < -0.4 is 5.32 Å². The van der Waals surface area contributed by atoms with Crippen molar-refractivity contribution in [2.75, 3.05) is 12.4 Å². The quantitative estimate of drug-likeness (QED) is 0.658. The SMILES string of the molecule is COC(=O)C1(C(=O)Nc2cc(C)cc(C)c2)CC1. The van der Waals surface area contributed by atoms with Crippen LogP contribution in [0.15, 0.2) is 18.2 Å². The lowest BCUT2D eigenvalue weighted by Crippen LogP contribution is -2.32. The van der Waals surface area contributed by atoms with E-state index >= 15 is 0 Å². The molecule has 96 valence electrons. The maximum absolute atomic E-state index is 12.1. The molecule has 0 saturated heterocycles. The van der Waals surface area contributed by atoms with E-state index in [-0.39, 0.29) is 5.91 Å². The van der Waals surface area contributed by atoms with Crippen LogP contribution in [0.3, 0.4) is 0 Å². The molecular formula is C14H17NO3. The topological polar surface area (TPSA) is 55.4 Å². The van der Waals surface area contributed by atoms with Gasteiger partial charge in [0.1, 0.15) is 5.41 Å². The summed E-state index contributed by atoms with van der Waals surface area (Å²) >= 11 is 0. The van der Waals surface area contributed by atoms with Crippen molar-refractivity contribution in [3.63, 3.8) is 0 Å². The fourth-order valence-corrected chi connectivity index (χ4v) is 2.14. The van der Waals surface area contributed by atoms with Crippen molar-refractivity contribution in [3.05, 3.63) is 29.3 Å². The third-order valence-corrected chi connectivity index (χ3v) is 3.24. The number of carbonyl (C=O) groups excluding carboxylic acids is 2. The summed E-state index contributed by atoms with van der Waals surface area (Å²) < 4.78 is 4.68. The minimum Gasteiger partial charge on any atom is -0.468 e. The van der Waals surface area contributed by atoms with E-state index < -0.39 is 11.4 Å². The molecule has 0 bridgehead atoms. The molecule has 0 radical (unpaired) electrons. The Morgan fingerprint density at radius 2 is 1.72 bits per heavy atom. The fraction of sp³-hybridized carbons (Fsp3) is 0.429. The molecule has 0 unspecified atom stereocenters. The van der Waals surface area contributed by atoms with Gasteiger partial charge in [-0.25, -0.2) is 0 Å². The van der Waals surface area contributed by atoms with Crippen LogP contribution in [0.25, 0.3) is 0 Å². The van der Waals surface area contributed by atoms with Gasteiger partial charge in [-0.2, -0.15) is 0 Å². The standard InChI is InChI=1S/C14H17NO3/c1-9-6-10(2)8-11(7-9)15-12(16)14(4-5-14)13(17)18-3/h6-8H,4-5H2,1-3H3,(H,15,16). The summed E-state index contributed by atoms with van der Waals surface area (Å²) in [6.45, 7) is 3.94. The number of rotatable bonds is 3. The molecule has 0 aromatic heterocycles. The highest BCUT2D eigenvalue weighted by Crippen LogP contribution is 2.47. The Balaban J connectivity index is 2.15. The summed E-state index contributed by atoms with van der Waals surface area (Å²) in [5.41, 5.74) is 1.93. The normalized spacial score (nSPS) is 15.9. The molecule has 1 aromatic rings. The van der Waals surface area contributed by atoms with Crippen LogP contribution in [0.2, 0.25) is 0 Å². The zero-order valence-electron chi connectivity index (χ0n) is 10.9. The molecule has 1 fully saturated rings. The van der Waals surface area contributed by atoms with Gasteiger partial charge in [-0.1, -0.05) is 6.07 Å². The Morgan fingerprint density at radius 3 is 2.17 bits per heavy atom. The van der Waals surface area contributed by atoms with Gasteiger partial charge in [0.2, 0.25) is 5.91 Å². The lowest BCUT2D eigenvalue weighted by atomic mass is 10.1. The molecule has 0 atom stereocenters. The second-order valence-corrected chi connectivity index (χ2v) is 4.90. The number of amides is 1. The average molecular weight is 247 g/mol. The molecule has 0 aliphatic heterocycles. The van der Waals surface area contributed by atoms with E-state index in [1.165, 1.54) is 7.11 Å². The summed E-state index contributed by atoms with van der Waals surface area (Å²) in [6.07, 6.45) is 1.13. The Labute approximate surface area is 106 Å². The first-order valence-electron chi connectivity index (χ1n) is 5.96. The number of hydrogen-bond acceptors (Lipinski definition) is 3. The van der Waals surface area contributed by atoms with Gasteiger partial charge in [0.25, 0.3) is 0 Å². The van der Waals surface area contributed by atoms with E-state index in [4.69, 9.17) is 0 Å². The van der Waals surface area contributed by atoms with E-state index in [0.29, 0.717) is 12.8 Å². The van der Waals surface area contributed by atoms with E-state index in [1.54, 1.807) is 0 Å². The summed E-state index contributed by atoms with van der Waals surface area (Å²) in [7, 11) is 1.31. The van der Waals surface area contributed by atoms with E-state index in [0.717, 1.165) is 16.8 Å². The Morgan fingerprint density at radius 1 is 1.17 bits per heavy atom. The van der Waals surface area contributed by atoms with Gasteiger partial charge >= 0.3 is 5.97 Å². The predicted octanol–water partition coefficient (Wildman–Crippen LogP) is 2.20. The highest BCUT2D eigenvalue weighted by molar-refractivity contribution is 6.11. The molecule has 1 aliphatic carbocycles. The van der Waals surface area contributed by atoms with Crippen LogP contribution in [0.1, 0.15) is 24.0 Å². The second-order valence-electron chi connectivity index (χ2n) is 4.90. The molecule has 18 heavy (non-hydrogen) atoms. The van der Waals surface area contributed by atoms with Gasteiger partial charge in [-0.15, -0.1) is 0 Å². The number of carbonyl (C=O) groups is 2. The molecule has 0 spiro atoms. The van der Waals surface area contributed by atoms with Gasteiger partial charge < -0.3 is 10.1 Å². The van der Waals surface area contributed by atoms with Crippen LogP contribution in [-0.4, -0.2) is 19.0 Å². The van der Waals surface area contributed by atoms with Gasteiger partial charge in [0, 0.05) is 5.69 Å². The first kappa shape index (κ1) is 12.6. The molecule has 1 aliphatic rings. The summed E-state index contributed by atoms with van der Waals surface area (Å²) in [5, 5.41) is 2.80. The van der Waals surface area contributed by atoms with Crippen molar-refractivity contribution in [1.29, 1.82) is 0 Å². The number of esters is 1. The zero-order chi connectivity index (χ0) is 13.3. The Bertz CT molecular complexity index is 484. The molecule has 1 saturated carbocycles. The number of nitrogens with one attached hydrogen (secondary N) is 1. The van der Waals surface area contributed by atoms with Gasteiger partial charge in [0.15, 0.2) is 0 Å². The highest BCUT2D eigenvalue weighted by atomic mass is 16.5. The Hall–Kier alpha value is -1.84. The maximum Gasteiger partial charge on any atom is 0.321 e. The lowest BCUT2D eigenvalue weighted by Gasteiger charge is -2.13. The summed E-state index contributed by atoms with van der Waals surface area (Å²) in [5.74, 6) is -0.705. The number of methoxy groups -OCH3 is 1. The number of ether oxygens (including phenoxy) is 1. The molecule has 1 amide bonds. The lowest BCUT2D eigenvalue weighted by molar-refractivity contribution is -0.150. The fourth-order valence-electron chi connectivity index (χ4n) is 2.14. The summed E-state index contributed by atoms with van der Waals surface area (Å²) in [6, 6.07) is 5.80. The number of benzene rings is 1. The smallest absolute Gasteiger partial charge is 0.321 e. The van der Waals surface area contributed by atoms with Crippen molar-refractivity contribution < 1.29 is 14.3 Å². The van der Waals surface area contributed by atoms with E-state index in [9.17, 15) is 9.59 Å². The minimum atomic E-state index is -0.952. The second kappa shape index (κ2) is 4.44. The van der Waals surface area contributed by atoms with Crippen LogP contribution in [0, 0.1) is 19.3 Å². The van der Waals surface area contributed by atoms with Crippen LogP contribution >= 0.6 is 0 Å². The monoisotopic (exact) mass is 247 g/mol. The number of aryl methyl sites for hydroxylation is 2. The number of anilines is 1. The zero-order valence-corrected chi connectivity index (χ0v) is 10.9. The Kier molecular flexibility index (Phi) is 3.11. The van der Waals surface area contributed by atoms with Crippen LogP contribution in [-0.2, 0) is 14.3 Å². The van der Waals surface area contributed by atoms with Gasteiger partial charge in [-0.3, -0.25) is 9.59 Å². The van der Waals surface area contributed by atoms with E-state index in [1.807, 2.05) is 32.0 Å². The molecule has 4 heteroatoms. The van der Waals surface area contributed by atoms with Gasteiger partial charge in [0.05, 0.1) is 7.11 Å². The molecule has 1 aromatic carbocycles. The summed E-state index contributed by atoms with van der Waals surface area (Å²) in [4.78, 5) is 23.7. The third kappa shape index (κ3) is 2.23.